The third kappa shape index (κ3) is 2.88. The summed E-state index contributed by atoms with van der Waals surface area (Å²) in [5.41, 5.74) is -0.0131. The molecule has 2 aromatic rings. The van der Waals surface area contributed by atoms with Crippen LogP contribution in [-0.2, 0) is 19.3 Å². The largest absolute Gasteiger partial charge is 0.435 e. The molecule has 0 bridgehead atoms. The molecular weight excluding hydrogens is 337 g/mol. The van der Waals surface area contributed by atoms with Crippen LogP contribution in [-0.4, -0.2) is 14.9 Å². The average Bonchev–Trinajstić information content (AvgIpc) is 2.83. The summed E-state index contributed by atoms with van der Waals surface area (Å²) in [6, 6.07) is 4.78. The topological polar surface area (TPSA) is 38.0 Å². The number of hydrogen-bond donors (Lipinski definition) is 1. The second kappa shape index (κ2) is 5.57. The van der Waals surface area contributed by atoms with E-state index in [4.69, 9.17) is 5.11 Å². The Morgan fingerprint density at radius 2 is 2.00 bits per heavy atom. The van der Waals surface area contributed by atoms with Gasteiger partial charge in [0.15, 0.2) is 5.69 Å². The highest BCUT2D eigenvalue weighted by Crippen LogP contribution is 2.39. The molecule has 0 unspecified atom stereocenters. The van der Waals surface area contributed by atoms with Crippen LogP contribution < -0.4 is 0 Å². The lowest BCUT2D eigenvalue weighted by molar-refractivity contribution is -0.141. The predicted octanol–water partition coefficient (Wildman–Crippen LogP) is 3.84. The first-order valence-electron chi connectivity index (χ1n) is 5.91. The van der Waals surface area contributed by atoms with E-state index in [1.807, 2.05) is 0 Å². The van der Waals surface area contributed by atoms with Gasteiger partial charge in [-0.05, 0) is 30.2 Å². The van der Waals surface area contributed by atoms with Crippen molar-refractivity contribution in [2.75, 3.05) is 0 Å². The molecule has 0 aliphatic heterocycles. The number of aryl methyl sites for hydroxylation is 1. The van der Waals surface area contributed by atoms with E-state index >= 15 is 0 Å². The minimum absolute atomic E-state index is 0.00141. The molecule has 0 aliphatic carbocycles. The number of alkyl halides is 3. The molecule has 0 spiro atoms. The molecule has 1 aromatic carbocycles. The second-order valence-corrected chi connectivity index (χ2v) is 5.07. The normalized spacial score (nSPS) is 11.9. The van der Waals surface area contributed by atoms with Crippen molar-refractivity contribution >= 4 is 15.9 Å². The Bertz CT molecular complexity index is 623. The van der Waals surface area contributed by atoms with E-state index in [0.717, 1.165) is 0 Å². The molecule has 7 heteroatoms. The molecule has 0 aliphatic rings. The average molecular weight is 349 g/mol. The van der Waals surface area contributed by atoms with Crippen molar-refractivity contribution < 1.29 is 18.3 Å². The van der Waals surface area contributed by atoms with Crippen LogP contribution in [0.2, 0.25) is 0 Å². The first kappa shape index (κ1) is 15.1. The summed E-state index contributed by atoms with van der Waals surface area (Å²) < 4.78 is 40.9. The minimum atomic E-state index is -4.52. The quantitative estimate of drug-likeness (QED) is 0.914. The monoisotopic (exact) mass is 348 g/mol. The van der Waals surface area contributed by atoms with Gasteiger partial charge in [0, 0.05) is 22.8 Å². The summed E-state index contributed by atoms with van der Waals surface area (Å²) >= 11 is 3.24. The van der Waals surface area contributed by atoms with E-state index in [9.17, 15) is 13.2 Å². The molecule has 108 valence electrons. The highest BCUT2D eigenvalue weighted by molar-refractivity contribution is 9.10. The van der Waals surface area contributed by atoms with Gasteiger partial charge in [0.1, 0.15) is 0 Å². The first-order valence-corrected chi connectivity index (χ1v) is 6.70. The maximum atomic E-state index is 13.1. The zero-order chi connectivity index (χ0) is 14.9. The van der Waals surface area contributed by atoms with E-state index in [0.29, 0.717) is 22.1 Å². The molecule has 1 aromatic heterocycles. The Balaban J connectivity index is 2.65. The Morgan fingerprint density at radius 3 is 2.55 bits per heavy atom. The molecule has 1 heterocycles. The van der Waals surface area contributed by atoms with Gasteiger partial charge in [0.2, 0.25) is 0 Å². The molecule has 1 N–H and O–H groups in total. The molecule has 0 fully saturated rings. The fourth-order valence-corrected chi connectivity index (χ4v) is 2.33. The Kier molecular flexibility index (Phi) is 4.19. The van der Waals surface area contributed by atoms with Gasteiger partial charge in [-0.15, -0.1) is 0 Å². The van der Waals surface area contributed by atoms with Gasteiger partial charge in [-0.2, -0.15) is 18.3 Å². The Labute approximate surface area is 122 Å². The summed E-state index contributed by atoms with van der Waals surface area (Å²) in [6.07, 6.45) is -3.16. The highest BCUT2D eigenvalue weighted by atomic mass is 79.9. The molecule has 0 radical (unpaired) electrons. The summed E-state index contributed by atoms with van der Waals surface area (Å²) in [4.78, 5) is 0. The van der Waals surface area contributed by atoms with Crippen LogP contribution in [0, 0.1) is 0 Å². The molecular formula is C13H12BrF3N2O. The Hall–Kier alpha value is -1.34. The molecule has 0 saturated carbocycles. The number of aliphatic hydroxyl groups excluding tert-OH is 1. The van der Waals surface area contributed by atoms with Crippen LogP contribution in [0.5, 0.6) is 0 Å². The number of benzene rings is 1. The fourth-order valence-electron chi connectivity index (χ4n) is 1.87. The van der Waals surface area contributed by atoms with Crippen LogP contribution in [0.3, 0.4) is 0 Å². The van der Waals surface area contributed by atoms with Gasteiger partial charge in [0.25, 0.3) is 0 Å². The lowest BCUT2D eigenvalue weighted by atomic mass is 10.0. The number of aromatic nitrogens is 2. The van der Waals surface area contributed by atoms with Crippen molar-refractivity contribution in [1.82, 2.24) is 9.78 Å². The number of halogens is 4. The van der Waals surface area contributed by atoms with E-state index in [1.165, 1.54) is 16.9 Å². The van der Waals surface area contributed by atoms with Gasteiger partial charge in [-0.1, -0.05) is 22.0 Å². The third-order valence-corrected chi connectivity index (χ3v) is 3.55. The first-order chi connectivity index (χ1) is 9.36. The van der Waals surface area contributed by atoms with E-state index in [-0.39, 0.29) is 12.2 Å². The van der Waals surface area contributed by atoms with Crippen LogP contribution in [0.1, 0.15) is 18.2 Å². The van der Waals surface area contributed by atoms with Crippen LogP contribution in [0.15, 0.2) is 28.9 Å². The molecule has 20 heavy (non-hydrogen) atoms. The maximum absolute atomic E-state index is 13.1. The van der Waals surface area contributed by atoms with Crippen molar-refractivity contribution in [1.29, 1.82) is 0 Å². The standard InChI is InChI=1S/C13H12BrF3N2O/c1-2-19-6-10(12(18-19)13(15,16)17)9-5-8(7-20)3-4-11(9)14/h3-6,20H,2,7H2,1H3. The van der Waals surface area contributed by atoms with Crippen molar-refractivity contribution in [3.8, 4) is 11.1 Å². The molecule has 0 amide bonds. The zero-order valence-electron chi connectivity index (χ0n) is 10.6. The zero-order valence-corrected chi connectivity index (χ0v) is 12.2. The second-order valence-electron chi connectivity index (χ2n) is 4.22. The SMILES string of the molecule is CCn1cc(-c2cc(CO)ccc2Br)c(C(F)(F)F)n1. The summed E-state index contributed by atoms with van der Waals surface area (Å²) in [5.74, 6) is 0. The summed E-state index contributed by atoms with van der Waals surface area (Å²) in [7, 11) is 0. The van der Waals surface area contributed by atoms with Gasteiger partial charge < -0.3 is 5.11 Å². The van der Waals surface area contributed by atoms with E-state index < -0.39 is 11.9 Å². The lowest BCUT2D eigenvalue weighted by Crippen LogP contribution is -2.09. The van der Waals surface area contributed by atoms with Crippen LogP contribution in [0.4, 0.5) is 13.2 Å². The highest BCUT2D eigenvalue weighted by Gasteiger charge is 2.37. The van der Waals surface area contributed by atoms with Gasteiger partial charge in [-0.3, -0.25) is 4.68 Å². The molecule has 2 rings (SSSR count). The molecule has 3 nitrogen and oxygen atoms in total. The van der Waals surface area contributed by atoms with Crippen molar-refractivity contribution in [2.45, 2.75) is 26.3 Å². The minimum Gasteiger partial charge on any atom is -0.392 e. The van der Waals surface area contributed by atoms with Crippen LogP contribution >= 0.6 is 15.9 Å². The van der Waals surface area contributed by atoms with Crippen molar-refractivity contribution in [2.24, 2.45) is 0 Å². The molecule has 0 atom stereocenters. The predicted molar refractivity (Wildman–Crippen MR) is 72.0 cm³/mol. The maximum Gasteiger partial charge on any atom is 0.435 e. The fraction of sp³-hybridized carbons (Fsp3) is 0.308. The van der Waals surface area contributed by atoms with Gasteiger partial charge >= 0.3 is 6.18 Å². The third-order valence-electron chi connectivity index (χ3n) is 2.86. The number of hydrogen-bond acceptors (Lipinski definition) is 2. The smallest absolute Gasteiger partial charge is 0.392 e. The molecule has 0 saturated heterocycles. The summed E-state index contributed by atoms with van der Waals surface area (Å²) in [6.45, 7) is 1.83. The van der Waals surface area contributed by atoms with E-state index in [1.54, 1.807) is 19.1 Å². The summed E-state index contributed by atoms with van der Waals surface area (Å²) in [5, 5.41) is 12.7. The number of rotatable bonds is 3. The number of nitrogens with zero attached hydrogens (tertiary/aromatic N) is 2. The van der Waals surface area contributed by atoms with Crippen molar-refractivity contribution in [3.05, 3.63) is 40.1 Å². The lowest BCUT2D eigenvalue weighted by Gasteiger charge is -2.09. The van der Waals surface area contributed by atoms with Crippen LogP contribution in [0.25, 0.3) is 11.1 Å². The number of aliphatic hydroxyl groups is 1. The van der Waals surface area contributed by atoms with Gasteiger partial charge in [-0.25, -0.2) is 0 Å². The van der Waals surface area contributed by atoms with Crippen molar-refractivity contribution in [3.63, 3.8) is 0 Å². The van der Waals surface area contributed by atoms with Gasteiger partial charge in [0.05, 0.1) is 6.61 Å². The Morgan fingerprint density at radius 1 is 1.30 bits per heavy atom. The van der Waals surface area contributed by atoms with E-state index in [2.05, 4.69) is 21.0 Å².